The molecule has 1 unspecified atom stereocenters. The molecular weight excluding hydrogens is 272 g/mol. The molecule has 1 aliphatic heterocycles. The number of nitrogens with zero attached hydrogens (tertiary/aromatic N) is 1. The van der Waals surface area contributed by atoms with Crippen molar-refractivity contribution < 1.29 is 19.4 Å². The molecule has 0 bridgehead atoms. The first kappa shape index (κ1) is 15.3. The number of carbonyl (C=O) groups excluding carboxylic acids is 1. The van der Waals surface area contributed by atoms with Crippen molar-refractivity contribution in [2.45, 2.75) is 25.8 Å². The van der Waals surface area contributed by atoms with E-state index in [2.05, 4.69) is 5.32 Å². The monoisotopic (exact) mass is 292 g/mol. The Balaban J connectivity index is 1.97. The zero-order chi connectivity index (χ0) is 15.2. The summed E-state index contributed by atoms with van der Waals surface area (Å²) >= 11 is 0. The first-order valence-corrected chi connectivity index (χ1v) is 7.10. The highest BCUT2D eigenvalue weighted by Crippen LogP contribution is 2.24. The zero-order valence-corrected chi connectivity index (χ0v) is 12.0. The lowest BCUT2D eigenvalue weighted by Crippen LogP contribution is -2.40. The van der Waals surface area contributed by atoms with Gasteiger partial charge in [-0.1, -0.05) is 12.1 Å². The Hall–Kier alpha value is -2.08. The lowest BCUT2D eigenvalue weighted by molar-refractivity contribution is -0.142. The maximum absolute atomic E-state index is 12.1. The van der Waals surface area contributed by atoms with Gasteiger partial charge in [-0.3, -0.25) is 14.5 Å². The predicted molar refractivity (Wildman–Crippen MR) is 78.5 cm³/mol. The van der Waals surface area contributed by atoms with Crippen LogP contribution in [0.1, 0.15) is 19.8 Å². The quantitative estimate of drug-likeness (QED) is 0.832. The van der Waals surface area contributed by atoms with Crippen molar-refractivity contribution in [2.24, 2.45) is 0 Å². The van der Waals surface area contributed by atoms with E-state index >= 15 is 0 Å². The summed E-state index contributed by atoms with van der Waals surface area (Å²) in [5.74, 6) is -0.477. The Morgan fingerprint density at radius 3 is 2.90 bits per heavy atom. The van der Waals surface area contributed by atoms with Crippen LogP contribution in [0.15, 0.2) is 24.3 Å². The normalized spacial score (nSPS) is 18.4. The van der Waals surface area contributed by atoms with Gasteiger partial charge >= 0.3 is 5.97 Å². The van der Waals surface area contributed by atoms with E-state index in [1.54, 1.807) is 17.0 Å². The summed E-state index contributed by atoms with van der Waals surface area (Å²) in [6, 6.07) is 6.64. The number of carboxylic acids is 1. The van der Waals surface area contributed by atoms with E-state index in [1.807, 2.05) is 19.1 Å². The van der Waals surface area contributed by atoms with Gasteiger partial charge in [0, 0.05) is 0 Å². The van der Waals surface area contributed by atoms with Gasteiger partial charge < -0.3 is 15.2 Å². The lowest BCUT2D eigenvalue weighted by Gasteiger charge is -2.20. The van der Waals surface area contributed by atoms with Crippen LogP contribution in [-0.4, -0.2) is 47.6 Å². The minimum atomic E-state index is -0.866. The van der Waals surface area contributed by atoms with Gasteiger partial charge in [0.2, 0.25) is 5.91 Å². The highest BCUT2D eigenvalue weighted by Gasteiger charge is 2.31. The number of para-hydroxylation sites is 2. The summed E-state index contributed by atoms with van der Waals surface area (Å²) in [5.41, 5.74) is 0.607. The number of nitrogens with one attached hydrogen (secondary N) is 1. The largest absolute Gasteiger partial charge is 0.492 e. The van der Waals surface area contributed by atoms with Crippen LogP contribution in [0.4, 0.5) is 5.69 Å². The molecule has 1 atom stereocenters. The molecule has 21 heavy (non-hydrogen) atoms. The van der Waals surface area contributed by atoms with Gasteiger partial charge in [-0.15, -0.1) is 0 Å². The molecule has 1 saturated heterocycles. The maximum atomic E-state index is 12.1. The molecule has 1 aliphatic rings. The van der Waals surface area contributed by atoms with Gasteiger partial charge in [-0.05, 0) is 38.4 Å². The van der Waals surface area contributed by atoms with Crippen LogP contribution in [0.3, 0.4) is 0 Å². The zero-order valence-electron chi connectivity index (χ0n) is 12.0. The van der Waals surface area contributed by atoms with Crippen molar-refractivity contribution in [3.63, 3.8) is 0 Å². The summed E-state index contributed by atoms with van der Waals surface area (Å²) in [4.78, 5) is 24.9. The van der Waals surface area contributed by atoms with Crippen LogP contribution in [0, 0.1) is 0 Å². The SMILES string of the molecule is CCOc1ccccc1NC(=O)CN1CCCC1C(=O)O. The molecule has 0 aliphatic carbocycles. The topological polar surface area (TPSA) is 78.9 Å². The number of amides is 1. The van der Waals surface area contributed by atoms with Gasteiger partial charge in [0.25, 0.3) is 0 Å². The van der Waals surface area contributed by atoms with Gasteiger partial charge in [0.05, 0.1) is 18.8 Å². The van der Waals surface area contributed by atoms with Crippen LogP contribution >= 0.6 is 0 Å². The number of hydrogen-bond donors (Lipinski definition) is 2. The number of aliphatic carboxylic acids is 1. The molecule has 2 N–H and O–H groups in total. The van der Waals surface area contributed by atoms with E-state index in [0.29, 0.717) is 31.0 Å². The van der Waals surface area contributed by atoms with E-state index in [4.69, 9.17) is 9.84 Å². The Kier molecular flexibility index (Phi) is 5.16. The summed E-state index contributed by atoms with van der Waals surface area (Å²) in [7, 11) is 0. The first-order valence-electron chi connectivity index (χ1n) is 7.10. The van der Waals surface area contributed by atoms with Gasteiger partial charge in [-0.2, -0.15) is 0 Å². The second kappa shape index (κ2) is 7.08. The summed E-state index contributed by atoms with van der Waals surface area (Å²) in [6.45, 7) is 3.11. The average molecular weight is 292 g/mol. The molecule has 0 radical (unpaired) electrons. The van der Waals surface area contributed by atoms with Crippen molar-refractivity contribution in [1.82, 2.24) is 4.90 Å². The number of hydrogen-bond acceptors (Lipinski definition) is 4. The predicted octanol–water partition coefficient (Wildman–Crippen LogP) is 1.57. The molecule has 1 heterocycles. The maximum Gasteiger partial charge on any atom is 0.320 e. The van der Waals surface area contributed by atoms with E-state index in [-0.39, 0.29) is 12.5 Å². The van der Waals surface area contributed by atoms with Crippen molar-refractivity contribution in [3.05, 3.63) is 24.3 Å². The number of rotatable bonds is 6. The molecule has 1 amide bonds. The molecule has 114 valence electrons. The summed E-state index contributed by atoms with van der Waals surface area (Å²) in [5, 5.41) is 11.9. The number of anilines is 1. The molecule has 0 aromatic heterocycles. The van der Waals surface area contributed by atoms with E-state index < -0.39 is 12.0 Å². The minimum absolute atomic E-state index is 0.0808. The molecule has 6 nitrogen and oxygen atoms in total. The Morgan fingerprint density at radius 2 is 2.19 bits per heavy atom. The minimum Gasteiger partial charge on any atom is -0.492 e. The molecular formula is C15H20N2O4. The Labute approximate surface area is 123 Å². The summed E-state index contributed by atoms with van der Waals surface area (Å²) in [6.07, 6.45) is 1.40. The van der Waals surface area contributed by atoms with Crippen molar-refractivity contribution in [3.8, 4) is 5.75 Å². The molecule has 2 rings (SSSR count). The Bertz CT molecular complexity index is 518. The fraction of sp³-hybridized carbons (Fsp3) is 0.467. The standard InChI is InChI=1S/C15H20N2O4/c1-2-21-13-8-4-3-6-11(13)16-14(18)10-17-9-5-7-12(17)15(19)20/h3-4,6,8,12H,2,5,7,9-10H2,1H3,(H,16,18)(H,19,20). The van der Waals surface area contributed by atoms with Gasteiger partial charge in [0.1, 0.15) is 11.8 Å². The average Bonchev–Trinajstić information content (AvgIpc) is 2.89. The van der Waals surface area contributed by atoms with Crippen LogP contribution in [0.25, 0.3) is 0 Å². The fourth-order valence-electron chi connectivity index (χ4n) is 2.52. The lowest BCUT2D eigenvalue weighted by atomic mass is 10.2. The van der Waals surface area contributed by atoms with Crippen LogP contribution in [-0.2, 0) is 9.59 Å². The van der Waals surface area contributed by atoms with Crippen molar-refractivity contribution in [1.29, 1.82) is 0 Å². The van der Waals surface area contributed by atoms with Crippen LogP contribution < -0.4 is 10.1 Å². The third-order valence-electron chi connectivity index (χ3n) is 3.46. The van der Waals surface area contributed by atoms with Crippen molar-refractivity contribution >= 4 is 17.6 Å². The molecule has 1 fully saturated rings. The highest BCUT2D eigenvalue weighted by atomic mass is 16.5. The van der Waals surface area contributed by atoms with Gasteiger partial charge in [-0.25, -0.2) is 0 Å². The smallest absolute Gasteiger partial charge is 0.320 e. The van der Waals surface area contributed by atoms with Crippen molar-refractivity contribution in [2.75, 3.05) is 25.0 Å². The molecule has 6 heteroatoms. The molecule has 0 spiro atoms. The van der Waals surface area contributed by atoms with E-state index in [9.17, 15) is 9.59 Å². The molecule has 1 aromatic rings. The third kappa shape index (κ3) is 3.95. The third-order valence-corrected chi connectivity index (χ3v) is 3.46. The number of likely N-dealkylation sites (tertiary alicyclic amines) is 1. The first-order chi connectivity index (χ1) is 10.1. The number of carbonyl (C=O) groups is 2. The number of ether oxygens (including phenoxy) is 1. The van der Waals surface area contributed by atoms with Crippen LogP contribution in [0.2, 0.25) is 0 Å². The number of benzene rings is 1. The number of carboxylic acid groups (broad SMARTS) is 1. The second-order valence-corrected chi connectivity index (χ2v) is 4.94. The molecule has 1 aromatic carbocycles. The fourth-order valence-corrected chi connectivity index (χ4v) is 2.52. The molecule has 0 saturated carbocycles. The van der Waals surface area contributed by atoms with Gasteiger partial charge in [0.15, 0.2) is 0 Å². The second-order valence-electron chi connectivity index (χ2n) is 4.94. The Morgan fingerprint density at radius 1 is 1.43 bits per heavy atom. The van der Waals surface area contributed by atoms with Crippen LogP contribution in [0.5, 0.6) is 5.75 Å². The van der Waals surface area contributed by atoms with E-state index in [1.165, 1.54) is 0 Å². The summed E-state index contributed by atoms with van der Waals surface area (Å²) < 4.78 is 5.44. The highest BCUT2D eigenvalue weighted by molar-refractivity contribution is 5.94. The van der Waals surface area contributed by atoms with E-state index in [0.717, 1.165) is 6.42 Å².